The van der Waals surface area contributed by atoms with Crippen molar-refractivity contribution in [2.24, 2.45) is 0 Å². The lowest BCUT2D eigenvalue weighted by atomic mass is 10.1. The molecule has 192 valence electrons. The summed E-state index contributed by atoms with van der Waals surface area (Å²) >= 11 is 1.59. The van der Waals surface area contributed by atoms with E-state index in [2.05, 4.69) is 32.2 Å². The quantitative estimate of drug-likeness (QED) is 0.181. The normalized spacial score (nSPS) is 11.4. The van der Waals surface area contributed by atoms with Crippen LogP contribution in [0.3, 0.4) is 0 Å². The van der Waals surface area contributed by atoms with Crippen molar-refractivity contribution in [2.75, 3.05) is 5.75 Å². The van der Waals surface area contributed by atoms with Crippen molar-refractivity contribution in [3.8, 4) is 5.69 Å². The number of para-hydroxylation sites is 1. The zero-order valence-electron chi connectivity index (χ0n) is 20.1. The summed E-state index contributed by atoms with van der Waals surface area (Å²) in [5.41, 5.74) is 1.85. The Hall–Kier alpha value is -3.59. The predicted octanol–water partition coefficient (Wildman–Crippen LogP) is 6.46. The van der Waals surface area contributed by atoms with Crippen molar-refractivity contribution < 1.29 is 18.0 Å². The maximum Gasteiger partial charge on any atom is 0.416 e. The van der Waals surface area contributed by atoms with Gasteiger partial charge in [0.1, 0.15) is 5.82 Å². The van der Waals surface area contributed by atoms with Crippen LogP contribution in [0.15, 0.2) is 90.1 Å². The fourth-order valence-electron chi connectivity index (χ4n) is 3.82. The summed E-state index contributed by atoms with van der Waals surface area (Å²) in [7, 11) is 0. The standard InChI is InChI=1S/C28H27F3N4OS/c29-28(30,31)23-13-9-12-22(18-23)20-32-26(36)16-7-8-17-37-27-34-33-25(19-21-10-3-1-4-11-21)35(27)24-14-5-2-6-15-24/h1-6,9-15,18H,7-8,16-17,19-20H2,(H,32,36). The average molecular weight is 525 g/mol. The Labute approximate surface area is 218 Å². The fourth-order valence-corrected chi connectivity index (χ4v) is 4.79. The molecule has 1 amide bonds. The molecule has 0 aliphatic heterocycles. The topological polar surface area (TPSA) is 59.8 Å². The van der Waals surface area contributed by atoms with Gasteiger partial charge >= 0.3 is 6.18 Å². The van der Waals surface area contributed by atoms with Crippen LogP contribution in [-0.2, 0) is 23.9 Å². The number of alkyl halides is 3. The Morgan fingerprint density at radius 1 is 0.865 bits per heavy atom. The van der Waals surface area contributed by atoms with E-state index < -0.39 is 11.7 Å². The zero-order valence-corrected chi connectivity index (χ0v) is 20.9. The molecule has 9 heteroatoms. The second-order valence-electron chi connectivity index (χ2n) is 8.51. The molecule has 1 N–H and O–H groups in total. The van der Waals surface area contributed by atoms with Gasteiger partial charge in [-0.2, -0.15) is 13.2 Å². The highest BCUT2D eigenvalue weighted by Crippen LogP contribution is 2.29. The number of nitrogens with one attached hydrogen (secondary N) is 1. The monoisotopic (exact) mass is 524 g/mol. The first kappa shape index (κ1) is 26.5. The van der Waals surface area contributed by atoms with E-state index >= 15 is 0 Å². The molecule has 0 aliphatic carbocycles. The summed E-state index contributed by atoms with van der Waals surface area (Å²) in [5, 5.41) is 12.4. The molecular weight excluding hydrogens is 497 g/mol. The lowest BCUT2D eigenvalue weighted by Crippen LogP contribution is -2.22. The number of benzene rings is 3. The summed E-state index contributed by atoms with van der Waals surface area (Å²) < 4.78 is 40.6. The lowest BCUT2D eigenvalue weighted by Gasteiger charge is -2.11. The van der Waals surface area contributed by atoms with Crippen LogP contribution in [0.2, 0.25) is 0 Å². The second kappa shape index (κ2) is 12.6. The van der Waals surface area contributed by atoms with E-state index in [9.17, 15) is 18.0 Å². The van der Waals surface area contributed by atoms with Crippen molar-refractivity contribution in [2.45, 2.75) is 43.6 Å². The van der Waals surface area contributed by atoms with Gasteiger partial charge in [-0.05, 0) is 48.2 Å². The SMILES string of the molecule is O=C(CCCCSc1nnc(Cc2ccccc2)n1-c1ccccc1)NCc1cccc(C(F)(F)F)c1. The first-order valence-electron chi connectivity index (χ1n) is 12.0. The molecule has 0 radical (unpaired) electrons. The molecule has 0 aliphatic rings. The zero-order chi connectivity index (χ0) is 26.1. The Morgan fingerprint density at radius 3 is 2.30 bits per heavy atom. The highest BCUT2D eigenvalue weighted by Gasteiger charge is 2.30. The van der Waals surface area contributed by atoms with Crippen molar-refractivity contribution >= 4 is 17.7 Å². The maximum atomic E-state index is 12.9. The number of rotatable bonds is 11. The molecule has 1 heterocycles. The Balaban J connectivity index is 1.27. The van der Waals surface area contributed by atoms with Crippen molar-refractivity contribution in [1.82, 2.24) is 20.1 Å². The van der Waals surface area contributed by atoms with Gasteiger partial charge in [0.25, 0.3) is 0 Å². The summed E-state index contributed by atoms with van der Waals surface area (Å²) in [4.78, 5) is 12.2. The Bertz CT molecular complexity index is 1290. The summed E-state index contributed by atoms with van der Waals surface area (Å²) in [6, 6.07) is 25.1. The molecule has 0 saturated heterocycles. The van der Waals surface area contributed by atoms with Crippen LogP contribution in [0, 0.1) is 0 Å². The molecule has 3 aromatic carbocycles. The van der Waals surface area contributed by atoms with E-state index in [0.717, 1.165) is 46.5 Å². The molecule has 0 spiro atoms. The van der Waals surface area contributed by atoms with Crippen molar-refractivity contribution in [1.29, 1.82) is 0 Å². The van der Waals surface area contributed by atoms with Crippen molar-refractivity contribution in [3.05, 3.63) is 107 Å². The van der Waals surface area contributed by atoms with Gasteiger partial charge in [-0.1, -0.05) is 72.4 Å². The molecule has 0 fully saturated rings. The number of hydrogen-bond acceptors (Lipinski definition) is 4. The molecule has 4 rings (SSSR count). The van der Waals surface area contributed by atoms with Crippen LogP contribution < -0.4 is 5.32 Å². The van der Waals surface area contributed by atoms with Gasteiger partial charge in [-0.15, -0.1) is 10.2 Å². The number of amides is 1. The van der Waals surface area contributed by atoms with Crippen molar-refractivity contribution in [3.63, 3.8) is 0 Å². The number of halogens is 3. The summed E-state index contributed by atoms with van der Waals surface area (Å²) in [6.45, 7) is 0.0713. The molecule has 0 bridgehead atoms. The van der Waals surface area contributed by atoms with E-state index in [0.29, 0.717) is 24.8 Å². The van der Waals surface area contributed by atoms with Crippen LogP contribution in [0.5, 0.6) is 0 Å². The number of aromatic nitrogens is 3. The third-order valence-electron chi connectivity index (χ3n) is 5.69. The summed E-state index contributed by atoms with van der Waals surface area (Å²) in [5.74, 6) is 1.44. The predicted molar refractivity (Wildman–Crippen MR) is 138 cm³/mol. The van der Waals surface area contributed by atoms with Crippen LogP contribution in [0.4, 0.5) is 13.2 Å². The van der Waals surface area contributed by atoms with Gasteiger partial charge in [0.15, 0.2) is 5.16 Å². The Kier molecular flexibility index (Phi) is 9.00. The minimum Gasteiger partial charge on any atom is -0.352 e. The van der Waals surface area contributed by atoms with Gasteiger partial charge in [0.05, 0.1) is 5.56 Å². The van der Waals surface area contributed by atoms with E-state index in [1.807, 2.05) is 48.5 Å². The van der Waals surface area contributed by atoms with Gasteiger partial charge in [-0.25, -0.2) is 0 Å². The van der Waals surface area contributed by atoms with Crippen LogP contribution >= 0.6 is 11.8 Å². The number of carbonyl (C=O) groups is 1. The number of unbranched alkanes of at least 4 members (excludes halogenated alkanes) is 1. The van der Waals surface area contributed by atoms with E-state index in [1.165, 1.54) is 6.07 Å². The molecule has 0 unspecified atom stereocenters. The first-order valence-corrected chi connectivity index (χ1v) is 13.0. The average Bonchev–Trinajstić information content (AvgIpc) is 3.30. The van der Waals surface area contributed by atoms with E-state index in [-0.39, 0.29) is 12.5 Å². The third kappa shape index (κ3) is 7.69. The van der Waals surface area contributed by atoms with Gasteiger partial charge in [-0.3, -0.25) is 9.36 Å². The van der Waals surface area contributed by atoms with E-state index in [1.54, 1.807) is 17.8 Å². The first-order chi connectivity index (χ1) is 17.9. The fraction of sp³-hybridized carbons (Fsp3) is 0.250. The maximum absolute atomic E-state index is 12.9. The number of hydrogen-bond donors (Lipinski definition) is 1. The van der Waals surface area contributed by atoms with Gasteiger partial charge < -0.3 is 5.32 Å². The highest BCUT2D eigenvalue weighted by atomic mass is 32.2. The van der Waals surface area contributed by atoms with Gasteiger partial charge in [0.2, 0.25) is 5.91 Å². The molecule has 4 aromatic rings. The smallest absolute Gasteiger partial charge is 0.352 e. The minimum absolute atomic E-state index is 0.0713. The molecule has 0 saturated carbocycles. The minimum atomic E-state index is -4.40. The molecule has 0 atom stereocenters. The number of carbonyl (C=O) groups excluding carboxylic acids is 1. The summed E-state index contributed by atoms with van der Waals surface area (Å²) in [6.07, 6.45) is -1.97. The third-order valence-corrected chi connectivity index (χ3v) is 6.71. The molecule has 1 aromatic heterocycles. The van der Waals surface area contributed by atoms with Gasteiger partial charge in [0, 0.05) is 30.8 Å². The van der Waals surface area contributed by atoms with Crippen LogP contribution in [0.25, 0.3) is 5.69 Å². The lowest BCUT2D eigenvalue weighted by molar-refractivity contribution is -0.137. The van der Waals surface area contributed by atoms with E-state index in [4.69, 9.17) is 0 Å². The second-order valence-corrected chi connectivity index (χ2v) is 9.57. The largest absolute Gasteiger partial charge is 0.416 e. The number of nitrogens with zero attached hydrogens (tertiary/aromatic N) is 3. The highest BCUT2D eigenvalue weighted by molar-refractivity contribution is 7.99. The van der Waals surface area contributed by atoms with Crippen LogP contribution in [-0.4, -0.2) is 26.4 Å². The molecule has 5 nitrogen and oxygen atoms in total. The number of thioether (sulfide) groups is 1. The van der Waals surface area contributed by atoms with Crippen LogP contribution in [0.1, 0.15) is 41.8 Å². The molecule has 37 heavy (non-hydrogen) atoms. The Morgan fingerprint density at radius 2 is 1.57 bits per heavy atom. The molecular formula is C28H27F3N4OS.